The third-order valence-electron chi connectivity index (χ3n) is 3.57. The van der Waals surface area contributed by atoms with Crippen LogP contribution in [0.5, 0.6) is 0 Å². The van der Waals surface area contributed by atoms with Crippen molar-refractivity contribution in [2.24, 2.45) is 5.92 Å². The maximum atomic E-state index is 5.96. The van der Waals surface area contributed by atoms with Crippen molar-refractivity contribution in [1.82, 2.24) is 20.5 Å². The Bertz CT molecular complexity index is 565. The molecule has 0 bridgehead atoms. The zero-order valence-electron chi connectivity index (χ0n) is 11.4. The molecule has 0 amide bonds. The molecule has 0 radical (unpaired) electrons. The first-order valence-corrected chi connectivity index (χ1v) is 8.03. The summed E-state index contributed by atoms with van der Waals surface area (Å²) < 4.78 is 0.769. The van der Waals surface area contributed by atoms with E-state index in [4.69, 9.17) is 11.6 Å². The molecule has 2 aromatic heterocycles. The van der Waals surface area contributed by atoms with E-state index in [9.17, 15) is 0 Å². The van der Waals surface area contributed by atoms with Crippen molar-refractivity contribution >= 4 is 28.9 Å². The Labute approximate surface area is 127 Å². The number of aromatic amines is 1. The molecule has 1 atom stereocenters. The van der Waals surface area contributed by atoms with Crippen LogP contribution in [0.25, 0.3) is 10.7 Å². The minimum Gasteiger partial charge on any atom is -0.339 e. The number of hydrogen-bond acceptors (Lipinski definition) is 5. The highest BCUT2D eigenvalue weighted by Gasteiger charge is 2.22. The second-order valence-corrected chi connectivity index (χ2v) is 6.81. The van der Waals surface area contributed by atoms with Crippen molar-refractivity contribution in [3.63, 3.8) is 0 Å². The molecule has 0 saturated carbocycles. The van der Waals surface area contributed by atoms with Crippen LogP contribution in [0.3, 0.4) is 0 Å². The maximum Gasteiger partial charge on any atom is 0.245 e. The van der Waals surface area contributed by atoms with Crippen molar-refractivity contribution in [1.29, 1.82) is 0 Å². The molecule has 1 unspecified atom stereocenters. The topological polar surface area (TPSA) is 56.8 Å². The van der Waals surface area contributed by atoms with E-state index in [1.54, 1.807) is 0 Å². The summed E-state index contributed by atoms with van der Waals surface area (Å²) in [6, 6.07) is 3.85. The van der Waals surface area contributed by atoms with E-state index >= 15 is 0 Å². The molecule has 5 nitrogen and oxygen atoms in total. The van der Waals surface area contributed by atoms with E-state index in [0.29, 0.717) is 5.92 Å². The van der Waals surface area contributed by atoms with E-state index in [-0.39, 0.29) is 0 Å². The lowest BCUT2D eigenvalue weighted by atomic mass is 9.98. The molecule has 0 spiro atoms. The molecule has 0 aliphatic carbocycles. The van der Waals surface area contributed by atoms with Crippen molar-refractivity contribution in [2.45, 2.75) is 12.8 Å². The van der Waals surface area contributed by atoms with Gasteiger partial charge >= 0.3 is 0 Å². The molecule has 1 aliphatic rings. The fourth-order valence-electron chi connectivity index (χ4n) is 2.65. The van der Waals surface area contributed by atoms with Crippen LogP contribution < -0.4 is 10.2 Å². The predicted octanol–water partition coefficient (Wildman–Crippen LogP) is 2.62. The van der Waals surface area contributed by atoms with Crippen molar-refractivity contribution in [3.8, 4) is 10.7 Å². The number of nitrogens with one attached hydrogen (secondary N) is 2. The van der Waals surface area contributed by atoms with Crippen LogP contribution in [0.1, 0.15) is 12.8 Å². The average molecular weight is 312 g/mol. The normalized spacial score (nSPS) is 19.5. The van der Waals surface area contributed by atoms with Crippen LogP contribution in [-0.2, 0) is 0 Å². The molecule has 3 heterocycles. The van der Waals surface area contributed by atoms with Crippen LogP contribution in [0.15, 0.2) is 12.1 Å². The lowest BCUT2D eigenvalue weighted by Gasteiger charge is -2.31. The van der Waals surface area contributed by atoms with E-state index in [1.165, 1.54) is 24.2 Å². The van der Waals surface area contributed by atoms with Crippen molar-refractivity contribution in [2.75, 3.05) is 31.6 Å². The molecule has 108 valence electrons. The number of rotatable bonds is 4. The molecule has 0 aromatic carbocycles. The molecular weight excluding hydrogens is 294 g/mol. The summed E-state index contributed by atoms with van der Waals surface area (Å²) in [5.41, 5.74) is 0. The monoisotopic (exact) mass is 311 g/mol. The summed E-state index contributed by atoms with van der Waals surface area (Å²) >= 11 is 7.47. The number of H-pyrrole nitrogens is 1. The highest BCUT2D eigenvalue weighted by molar-refractivity contribution is 7.19. The van der Waals surface area contributed by atoms with Crippen LogP contribution >= 0.6 is 22.9 Å². The number of piperidine rings is 1. The van der Waals surface area contributed by atoms with Gasteiger partial charge in [0.05, 0.1) is 9.21 Å². The first-order valence-electron chi connectivity index (χ1n) is 6.84. The summed E-state index contributed by atoms with van der Waals surface area (Å²) in [4.78, 5) is 7.89. The fraction of sp³-hybridized carbons (Fsp3) is 0.538. The summed E-state index contributed by atoms with van der Waals surface area (Å²) in [7, 11) is 2.00. The summed E-state index contributed by atoms with van der Waals surface area (Å²) in [5, 5.41) is 10.6. The van der Waals surface area contributed by atoms with Gasteiger partial charge in [-0.25, -0.2) is 0 Å². The second kappa shape index (κ2) is 6.11. The van der Waals surface area contributed by atoms with Gasteiger partial charge in [-0.15, -0.1) is 16.4 Å². The maximum absolute atomic E-state index is 5.96. The smallest absolute Gasteiger partial charge is 0.245 e. The van der Waals surface area contributed by atoms with Gasteiger partial charge in [-0.1, -0.05) is 11.6 Å². The van der Waals surface area contributed by atoms with Gasteiger partial charge in [-0.2, -0.15) is 4.98 Å². The van der Waals surface area contributed by atoms with Gasteiger partial charge < -0.3 is 10.2 Å². The Morgan fingerprint density at radius 2 is 2.45 bits per heavy atom. The van der Waals surface area contributed by atoms with Gasteiger partial charge in [0, 0.05) is 13.1 Å². The number of thiophene rings is 1. The van der Waals surface area contributed by atoms with Crippen LogP contribution in [0.2, 0.25) is 4.34 Å². The van der Waals surface area contributed by atoms with Crippen molar-refractivity contribution in [3.05, 3.63) is 16.5 Å². The second-order valence-electron chi connectivity index (χ2n) is 5.10. The Morgan fingerprint density at radius 1 is 1.55 bits per heavy atom. The summed E-state index contributed by atoms with van der Waals surface area (Å²) in [6.45, 7) is 3.10. The van der Waals surface area contributed by atoms with Crippen LogP contribution in [0.4, 0.5) is 5.95 Å². The number of nitrogens with zero attached hydrogens (tertiary/aromatic N) is 3. The van der Waals surface area contributed by atoms with Gasteiger partial charge in [-0.3, -0.25) is 5.10 Å². The predicted molar refractivity (Wildman–Crippen MR) is 83.6 cm³/mol. The molecule has 1 saturated heterocycles. The molecule has 1 aliphatic heterocycles. The average Bonchev–Trinajstić information content (AvgIpc) is 3.08. The van der Waals surface area contributed by atoms with E-state index in [1.807, 2.05) is 19.2 Å². The number of halogens is 1. The standard InChI is InChI=1S/C13H18ClN5S/c1-15-7-9-3-2-6-19(8-9)13-16-12(17-18-13)10-4-5-11(14)20-10/h4-5,9,15H,2-3,6-8H2,1H3,(H,16,17,18). The first-order chi connectivity index (χ1) is 9.76. The fourth-order valence-corrected chi connectivity index (χ4v) is 3.63. The number of hydrogen-bond donors (Lipinski definition) is 2. The van der Waals surface area contributed by atoms with E-state index in [0.717, 1.165) is 40.6 Å². The molecule has 2 aromatic rings. The Morgan fingerprint density at radius 3 is 3.20 bits per heavy atom. The quantitative estimate of drug-likeness (QED) is 0.911. The van der Waals surface area contributed by atoms with Crippen LogP contribution in [0, 0.1) is 5.92 Å². The zero-order chi connectivity index (χ0) is 13.9. The molecule has 3 rings (SSSR count). The number of aromatic nitrogens is 3. The Hall–Kier alpha value is -1.11. The van der Waals surface area contributed by atoms with Gasteiger partial charge in [0.15, 0.2) is 5.82 Å². The largest absolute Gasteiger partial charge is 0.339 e. The highest BCUT2D eigenvalue weighted by Crippen LogP contribution is 2.30. The number of anilines is 1. The lowest BCUT2D eigenvalue weighted by Crippen LogP contribution is -2.39. The van der Waals surface area contributed by atoms with Gasteiger partial charge in [0.25, 0.3) is 0 Å². The highest BCUT2D eigenvalue weighted by atomic mass is 35.5. The summed E-state index contributed by atoms with van der Waals surface area (Å²) in [6.07, 6.45) is 2.47. The van der Waals surface area contributed by atoms with Gasteiger partial charge in [0.2, 0.25) is 5.95 Å². The van der Waals surface area contributed by atoms with Crippen LogP contribution in [-0.4, -0.2) is 41.9 Å². The molecule has 7 heteroatoms. The Kier molecular flexibility index (Phi) is 4.24. The minimum absolute atomic E-state index is 0.673. The SMILES string of the molecule is CNCC1CCCN(c2n[nH]c(-c3ccc(Cl)s3)n2)C1. The Balaban J connectivity index is 1.73. The third-order valence-corrected chi connectivity index (χ3v) is 4.81. The summed E-state index contributed by atoms with van der Waals surface area (Å²) in [5.74, 6) is 2.27. The third kappa shape index (κ3) is 2.97. The molecule has 20 heavy (non-hydrogen) atoms. The molecule has 1 fully saturated rings. The van der Waals surface area contributed by atoms with Gasteiger partial charge in [-0.05, 0) is 44.5 Å². The molecular formula is C13H18ClN5S. The lowest BCUT2D eigenvalue weighted by molar-refractivity contribution is 0.399. The van der Waals surface area contributed by atoms with Crippen molar-refractivity contribution < 1.29 is 0 Å². The minimum atomic E-state index is 0.673. The van der Waals surface area contributed by atoms with E-state index in [2.05, 4.69) is 25.4 Å². The first kappa shape index (κ1) is 13.9. The van der Waals surface area contributed by atoms with E-state index < -0.39 is 0 Å². The molecule has 2 N–H and O–H groups in total. The zero-order valence-corrected chi connectivity index (χ0v) is 13.0. The van der Waals surface area contributed by atoms with Gasteiger partial charge in [0.1, 0.15) is 0 Å².